The van der Waals surface area contributed by atoms with Crippen molar-refractivity contribution in [3.63, 3.8) is 0 Å². The van der Waals surface area contributed by atoms with Crippen molar-refractivity contribution in [1.82, 2.24) is 20.3 Å². The lowest BCUT2D eigenvalue weighted by Gasteiger charge is -2.19. The van der Waals surface area contributed by atoms with E-state index in [0.717, 1.165) is 24.1 Å². The zero-order valence-electron chi connectivity index (χ0n) is 11.7. The predicted molar refractivity (Wildman–Crippen MR) is 76.2 cm³/mol. The van der Waals surface area contributed by atoms with Crippen molar-refractivity contribution in [2.45, 2.75) is 32.0 Å². The van der Waals surface area contributed by atoms with Crippen LogP contribution in [-0.4, -0.2) is 27.5 Å². The number of carbonyl (C=O) groups is 1. The molecule has 110 valence electrons. The number of nitrogens with one attached hydrogen (secondary N) is 1. The fourth-order valence-corrected chi connectivity index (χ4v) is 2.44. The van der Waals surface area contributed by atoms with Crippen molar-refractivity contribution in [3.8, 4) is 0 Å². The van der Waals surface area contributed by atoms with Crippen molar-refractivity contribution < 1.29 is 9.53 Å². The highest BCUT2D eigenvalue weighted by molar-refractivity contribution is 5.76. The van der Waals surface area contributed by atoms with Crippen LogP contribution in [-0.2, 0) is 22.7 Å². The molecule has 1 aliphatic heterocycles. The van der Waals surface area contributed by atoms with E-state index in [-0.39, 0.29) is 11.9 Å². The van der Waals surface area contributed by atoms with Gasteiger partial charge in [0.15, 0.2) is 0 Å². The summed E-state index contributed by atoms with van der Waals surface area (Å²) in [6, 6.07) is 9.73. The quantitative estimate of drug-likeness (QED) is 0.861. The molecule has 2 aromatic rings. The van der Waals surface area contributed by atoms with Crippen LogP contribution in [0.15, 0.2) is 36.5 Å². The van der Waals surface area contributed by atoms with Gasteiger partial charge in [0.05, 0.1) is 24.5 Å². The molecular weight excluding hydrogens is 268 g/mol. The number of ether oxygens (including phenoxy) is 1. The lowest BCUT2D eigenvalue weighted by atomic mass is 10.1. The van der Waals surface area contributed by atoms with E-state index in [1.165, 1.54) is 0 Å². The van der Waals surface area contributed by atoms with E-state index < -0.39 is 0 Å². The molecule has 21 heavy (non-hydrogen) atoms. The summed E-state index contributed by atoms with van der Waals surface area (Å²) >= 11 is 0. The second-order valence-electron chi connectivity index (χ2n) is 5.11. The molecule has 3 rings (SSSR count). The molecule has 0 unspecified atom stereocenters. The predicted octanol–water partition coefficient (Wildman–Crippen LogP) is 1.45. The van der Waals surface area contributed by atoms with Gasteiger partial charge in [-0.25, -0.2) is 4.68 Å². The topological polar surface area (TPSA) is 69.0 Å². The Balaban J connectivity index is 1.76. The summed E-state index contributed by atoms with van der Waals surface area (Å²) < 4.78 is 7.46. The third-order valence-electron chi connectivity index (χ3n) is 3.57. The minimum absolute atomic E-state index is 0.0494. The molecule has 1 atom stereocenters. The van der Waals surface area contributed by atoms with E-state index in [4.69, 9.17) is 4.74 Å². The van der Waals surface area contributed by atoms with Gasteiger partial charge in [0.1, 0.15) is 6.73 Å². The lowest BCUT2D eigenvalue weighted by Crippen LogP contribution is -2.31. The summed E-state index contributed by atoms with van der Waals surface area (Å²) in [7, 11) is 0. The Morgan fingerprint density at radius 2 is 2.10 bits per heavy atom. The molecule has 0 saturated heterocycles. The van der Waals surface area contributed by atoms with Crippen LogP contribution in [0, 0.1) is 0 Å². The summed E-state index contributed by atoms with van der Waals surface area (Å²) in [6.45, 7) is 0.767. The average Bonchev–Trinajstić information content (AvgIpc) is 2.93. The van der Waals surface area contributed by atoms with Crippen LogP contribution in [0.25, 0.3) is 0 Å². The molecule has 0 radical (unpaired) electrons. The molecule has 1 aromatic heterocycles. The van der Waals surface area contributed by atoms with Crippen molar-refractivity contribution in [1.29, 1.82) is 0 Å². The van der Waals surface area contributed by atoms with Gasteiger partial charge < -0.3 is 10.1 Å². The first-order valence-corrected chi connectivity index (χ1v) is 7.12. The van der Waals surface area contributed by atoms with Gasteiger partial charge in [0, 0.05) is 6.42 Å². The van der Waals surface area contributed by atoms with Crippen LogP contribution in [0.2, 0.25) is 0 Å². The van der Waals surface area contributed by atoms with Crippen molar-refractivity contribution >= 4 is 5.91 Å². The number of aromatic nitrogens is 3. The van der Waals surface area contributed by atoms with Gasteiger partial charge in [-0.2, -0.15) is 0 Å². The van der Waals surface area contributed by atoms with Gasteiger partial charge in [0.25, 0.3) is 0 Å². The first-order valence-electron chi connectivity index (χ1n) is 7.12. The third-order valence-corrected chi connectivity index (χ3v) is 3.57. The summed E-state index contributed by atoms with van der Waals surface area (Å²) in [5, 5.41) is 11.0. The number of hydrogen-bond donors (Lipinski definition) is 1. The molecule has 0 spiro atoms. The van der Waals surface area contributed by atoms with Gasteiger partial charge in [-0.1, -0.05) is 35.5 Å². The van der Waals surface area contributed by atoms with Crippen LogP contribution in [0.1, 0.15) is 30.1 Å². The molecule has 0 bridgehead atoms. The number of rotatable bonds is 1. The maximum absolute atomic E-state index is 12.0. The molecule has 0 fully saturated rings. The zero-order valence-corrected chi connectivity index (χ0v) is 11.7. The maximum atomic E-state index is 12.0. The van der Waals surface area contributed by atoms with Crippen LogP contribution in [0.4, 0.5) is 0 Å². The van der Waals surface area contributed by atoms with Gasteiger partial charge in [0.2, 0.25) is 5.91 Å². The third kappa shape index (κ3) is 3.46. The fourth-order valence-electron chi connectivity index (χ4n) is 2.44. The molecule has 1 aliphatic rings. The number of fused-ring (bicyclic) bond motifs is 1. The summed E-state index contributed by atoms with van der Waals surface area (Å²) in [5.74, 6) is 0.0494. The van der Waals surface area contributed by atoms with E-state index in [0.29, 0.717) is 19.8 Å². The van der Waals surface area contributed by atoms with Crippen LogP contribution in [0.5, 0.6) is 0 Å². The molecule has 1 aromatic carbocycles. The van der Waals surface area contributed by atoms with Gasteiger partial charge in [-0.05, 0) is 18.4 Å². The molecule has 6 heteroatoms. The highest BCUT2D eigenvalue weighted by Crippen LogP contribution is 2.15. The molecule has 6 nitrogen and oxygen atoms in total. The molecular formula is C15H18N4O2. The van der Waals surface area contributed by atoms with E-state index in [1.807, 2.05) is 30.3 Å². The summed E-state index contributed by atoms with van der Waals surface area (Å²) in [6.07, 6.45) is 3.78. The van der Waals surface area contributed by atoms with E-state index >= 15 is 0 Å². The van der Waals surface area contributed by atoms with Crippen LogP contribution in [0.3, 0.4) is 0 Å². The highest BCUT2D eigenvalue weighted by Gasteiger charge is 2.16. The lowest BCUT2D eigenvalue weighted by molar-refractivity contribution is -0.122. The number of amides is 1. The van der Waals surface area contributed by atoms with Crippen molar-refractivity contribution in [2.75, 3.05) is 6.61 Å². The largest absolute Gasteiger partial charge is 0.357 e. The minimum Gasteiger partial charge on any atom is -0.357 e. The van der Waals surface area contributed by atoms with Gasteiger partial charge >= 0.3 is 0 Å². The Labute approximate surface area is 123 Å². The van der Waals surface area contributed by atoms with Gasteiger partial charge in [-0.3, -0.25) is 4.79 Å². The maximum Gasteiger partial charge on any atom is 0.220 e. The second-order valence-corrected chi connectivity index (χ2v) is 5.11. The Kier molecular flexibility index (Phi) is 4.25. The van der Waals surface area contributed by atoms with Gasteiger partial charge in [-0.15, -0.1) is 5.10 Å². The van der Waals surface area contributed by atoms with Crippen LogP contribution < -0.4 is 5.32 Å². The van der Waals surface area contributed by atoms with E-state index in [9.17, 15) is 4.79 Å². The standard InChI is InChI=1S/C15H18N4O2/c20-15-8-4-7-13-9-16-18-19(13)11-21-10-14(17-15)12-5-2-1-3-6-12/h1-3,5-6,9,14H,4,7-8,10-11H2,(H,17,20)/t14-/m0/s1. The SMILES string of the molecule is O=C1CCCc2cnnn2COC[C@@H](c2ccccc2)N1. The number of benzene rings is 1. The van der Waals surface area contributed by atoms with E-state index in [1.54, 1.807) is 10.9 Å². The Morgan fingerprint density at radius 1 is 1.24 bits per heavy atom. The Bertz CT molecular complexity index is 597. The first-order chi connectivity index (χ1) is 10.3. The monoisotopic (exact) mass is 286 g/mol. The molecule has 0 aliphatic carbocycles. The van der Waals surface area contributed by atoms with Crippen LogP contribution >= 0.6 is 0 Å². The Hall–Kier alpha value is -2.21. The normalized spacial score (nSPS) is 20.2. The molecule has 1 N–H and O–H groups in total. The second kappa shape index (κ2) is 6.49. The average molecular weight is 286 g/mol. The molecule has 1 amide bonds. The van der Waals surface area contributed by atoms with Crippen molar-refractivity contribution in [3.05, 3.63) is 47.8 Å². The Morgan fingerprint density at radius 3 is 2.95 bits per heavy atom. The first kappa shape index (κ1) is 13.8. The smallest absolute Gasteiger partial charge is 0.220 e. The fraction of sp³-hybridized carbons (Fsp3) is 0.400. The number of aryl methyl sites for hydroxylation is 1. The molecule has 0 saturated carbocycles. The van der Waals surface area contributed by atoms with Crippen molar-refractivity contribution in [2.24, 2.45) is 0 Å². The number of hydrogen-bond acceptors (Lipinski definition) is 4. The highest BCUT2D eigenvalue weighted by atomic mass is 16.5. The summed E-state index contributed by atoms with van der Waals surface area (Å²) in [4.78, 5) is 12.0. The minimum atomic E-state index is -0.135. The van der Waals surface area contributed by atoms with E-state index in [2.05, 4.69) is 15.6 Å². The molecule has 2 heterocycles. The number of carbonyl (C=O) groups excluding carboxylic acids is 1. The number of nitrogens with zero attached hydrogens (tertiary/aromatic N) is 3. The summed E-state index contributed by atoms with van der Waals surface area (Å²) in [5.41, 5.74) is 2.05. The zero-order chi connectivity index (χ0) is 14.5.